The quantitative estimate of drug-likeness (QED) is 0.848. The number of carbonyl (C=O) groups is 1. The summed E-state index contributed by atoms with van der Waals surface area (Å²) in [7, 11) is 0. The molecule has 1 atom stereocenters. The van der Waals surface area contributed by atoms with Gasteiger partial charge in [-0.25, -0.2) is 4.68 Å². The van der Waals surface area contributed by atoms with Crippen molar-refractivity contribution in [3.05, 3.63) is 24.5 Å². The lowest BCUT2D eigenvalue weighted by Gasteiger charge is -2.21. The smallest absolute Gasteiger partial charge is 0.311 e. The fourth-order valence-electron chi connectivity index (χ4n) is 2.45. The van der Waals surface area contributed by atoms with Gasteiger partial charge in [-0.15, -0.1) is 0 Å². The lowest BCUT2D eigenvalue weighted by molar-refractivity contribution is -0.146. The van der Waals surface area contributed by atoms with Crippen LogP contribution in [0.1, 0.15) is 13.3 Å². The van der Waals surface area contributed by atoms with Crippen LogP contribution in [-0.4, -0.2) is 43.9 Å². The van der Waals surface area contributed by atoms with Crippen molar-refractivity contribution >= 4 is 17.7 Å². The van der Waals surface area contributed by atoms with Crippen LogP contribution >= 0.6 is 0 Å². The molecule has 21 heavy (non-hydrogen) atoms. The van der Waals surface area contributed by atoms with Crippen molar-refractivity contribution in [1.29, 1.82) is 0 Å². The van der Waals surface area contributed by atoms with E-state index in [9.17, 15) is 9.90 Å². The van der Waals surface area contributed by atoms with Gasteiger partial charge in [0.2, 0.25) is 5.95 Å². The third kappa shape index (κ3) is 2.39. The highest BCUT2D eigenvalue weighted by atomic mass is 16.4. The van der Waals surface area contributed by atoms with E-state index >= 15 is 0 Å². The Kier molecular flexibility index (Phi) is 3.00. The van der Waals surface area contributed by atoms with Crippen LogP contribution in [0.3, 0.4) is 0 Å². The predicted octanol–water partition coefficient (Wildman–Crippen LogP) is 0.545. The Hall–Kier alpha value is -2.64. The normalized spacial score (nSPS) is 21.7. The number of carboxylic acids is 1. The Balaban J connectivity index is 1.92. The van der Waals surface area contributed by atoms with Gasteiger partial charge in [-0.05, 0) is 19.4 Å². The highest BCUT2D eigenvalue weighted by Gasteiger charge is 2.41. The highest BCUT2D eigenvalue weighted by molar-refractivity contribution is 5.76. The average molecular weight is 288 g/mol. The van der Waals surface area contributed by atoms with Crippen molar-refractivity contribution in [2.75, 3.05) is 23.7 Å². The number of carboxylic acid groups (broad SMARTS) is 1. The van der Waals surface area contributed by atoms with Crippen molar-refractivity contribution in [3.8, 4) is 5.82 Å². The molecule has 3 heterocycles. The van der Waals surface area contributed by atoms with E-state index in [1.807, 2.05) is 4.90 Å². The highest BCUT2D eigenvalue weighted by Crippen LogP contribution is 2.33. The third-order valence-corrected chi connectivity index (χ3v) is 3.77. The monoisotopic (exact) mass is 288 g/mol. The third-order valence-electron chi connectivity index (χ3n) is 3.77. The maximum Gasteiger partial charge on any atom is 0.311 e. The molecule has 8 nitrogen and oxygen atoms in total. The fourth-order valence-corrected chi connectivity index (χ4v) is 2.45. The van der Waals surface area contributed by atoms with Gasteiger partial charge in [0.1, 0.15) is 5.82 Å². The molecule has 1 saturated heterocycles. The summed E-state index contributed by atoms with van der Waals surface area (Å²) in [6.45, 7) is 2.77. The summed E-state index contributed by atoms with van der Waals surface area (Å²) in [4.78, 5) is 21.6. The second-order valence-electron chi connectivity index (χ2n) is 5.43. The number of aliphatic carboxylic acids is 1. The van der Waals surface area contributed by atoms with Gasteiger partial charge in [-0.2, -0.15) is 15.1 Å². The Morgan fingerprint density at radius 1 is 1.43 bits per heavy atom. The van der Waals surface area contributed by atoms with E-state index < -0.39 is 11.4 Å². The average Bonchev–Trinajstić information content (AvgIpc) is 3.08. The van der Waals surface area contributed by atoms with Crippen molar-refractivity contribution in [2.45, 2.75) is 13.3 Å². The van der Waals surface area contributed by atoms with Crippen molar-refractivity contribution in [2.24, 2.45) is 5.41 Å². The number of anilines is 2. The van der Waals surface area contributed by atoms with Gasteiger partial charge in [-0.1, -0.05) is 0 Å². The minimum Gasteiger partial charge on any atom is -0.481 e. The number of aromatic nitrogens is 4. The molecule has 0 aliphatic carbocycles. The molecule has 0 bridgehead atoms. The molecule has 1 fully saturated rings. The van der Waals surface area contributed by atoms with E-state index in [0.717, 1.165) is 0 Å². The molecule has 2 aromatic heterocycles. The minimum absolute atomic E-state index is 0.141. The van der Waals surface area contributed by atoms with Crippen LogP contribution in [0.5, 0.6) is 0 Å². The standard InChI is InChI=1S/C13H16N6O2/c1-13(11(20)21)3-6-18(8-13)9-7-10(17-12(14)16-9)19-5-2-4-15-19/h2,4-5,7H,3,6,8H2,1H3,(H,20,21)(H2,14,16,17). The Morgan fingerprint density at radius 3 is 2.81 bits per heavy atom. The second-order valence-corrected chi connectivity index (χ2v) is 5.43. The number of hydrogen-bond acceptors (Lipinski definition) is 6. The maximum absolute atomic E-state index is 11.3. The lowest BCUT2D eigenvalue weighted by atomic mass is 9.90. The first-order valence-corrected chi connectivity index (χ1v) is 6.61. The van der Waals surface area contributed by atoms with Gasteiger partial charge in [0.25, 0.3) is 0 Å². The molecular formula is C13H16N6O2. The molecule has 3 rings (SSSR count). The molecule has 1 unspecified atom stereocenters. The summed E-state index contributed by atoms with van der Waals surface area (Å²) in [6, 6.07) is 3.55. The zero-order valence-corrected chi connectivity index (χ0v) is 11.6. The molecule has 110 valence electrons. The zero-order valence-electron chi connectivity index (χ0n) is 11.6. The molecule has 0 aromatic carbocycles. The summed E-state index contributed by atoms with van der Waals surface area (Å²) >= 11 is 0. The Bertz CT molecular complexity index is 671. The first kappa shape index (κ1) is 13.3. The fraction of sp³-hybridized carbons (Fsp3) is 0.385. The van der Waals surface area contributed by atoms with E-state index in [1.54, 1.807) is 36.1 Å². The topological polar surface area (TPSA) is 110 Å². The summed E-state index contributed by atoms with van der Waals surface area (Å²) in [5, 5.41) is 13.4. The first-order valence-electron chi connectivity index (χ1n) is 6.61. The van der Waals surface area contributed by atoms with Gasteiger partial charge in [0, 0.05) is 31.5 Å². The molecule has 1 aliphatic rings. The predicted molar refractivity (Wildman–Crippen MR) is 76.1 cm³/mol. The largest absolute Gasteiger partial charge is 0.481 e. The minimum atomic E-state index is -0.792. The molecule has 8 heteroatoms. The van der Waals surface area contributed by atoms with Crippen LogP contribution in [-0.2, 0) is 4.79 Å². The van der Waals surface area contributed by atoms with E-state index in [2.05, 4.69) is 15.1 Å². The summed E-state index contributed by atoms with van der Waals surface area (Å²) in [6.07, 6.45) is 3.98. The SMILES string of the molecule is CC1(C(=O)O)CCN(c2cc(-n3cccn3)nc(N)n2)C1. The maximum atomic E-state index is 11.3. The molecule has 3 N–H and O–H groups in total. The Labute approximate surface area is 121 Å². The molecule has 2 aromatic rings. The summed E-state index contributed by atoms with van der Waals surface area (Å²) < 4.78 is 1.59. The van der Waals surface area contributed by atoms with Gasteiger partial charge in [-0.3, -0.25) is 4.79 Å². The van der Waals surface area contributed by atoms with Crippen LogP contribution in [0, 0.1) is 5.41 Å². The summed E-state index contributed by atoms with van der Waals surface area (Å²) in [5.41, 5.74) is 5.00. The van der Waals surface area contributed by atoms with Crippen LogP contribution in [0.15, 0.2) is 24.5 Å². The number of nitrogens with zero attached hydrogens (tertiary/aromatic N) is 5. The number of rotatable bonds is 3. The number of nitrogens with two attached hydrogens (primary N) is 1. The Morgan fingerprint density at radius 2 is 2.19 bits per heavy atom. The second kappa shape index (κ2) is 4.72. The summed E-state index contributed by atoms with van der Waals surface area (Å²) in [5.74, 6) is 0.533. The van der Waals surface area contributed by atoms with Crippen LogP contribution in [0.25, 0.3) is 5.82 Å². The molecule has 0 radical (unpaired) electrons. The zero-order chi connectivity index (χ0) is 15.0. The van der Waals surface area contributed by atoms with E-state index in [0.29, 0.717) is 31.1 Å². The molecule has 0 amide bonds. The van der Waals surface area contributed by atoms with Gasteiger partial charge < -0.3 is 15.7 Å². The van der Waals surface area contributed by atoms with Gasteiger partial charge >= 0.3 is 5.97 Å². The van der Waals surface area contributed by atoms with Gasteiger partial charge in [0.05, 0.1) is 5.41 Å². The first-order chi connectivity index (χ1) is 9.98. The molecule has 0 saturated carbocycles. The van der Waals surface area contributed by atoms with E-state index in [4.69, 9.17) is 5.73 Å². The van der Waals surface area contributed by atoms with Crippen LogP contribution in [0.2, 0.25) is 0 Å². The van der Waals surface area contributed by atoms with Crippen molar-refractivity contribution in [3.63, 3.8) is 0 Å². The van der Waals surface area contributed by atoms with Gasteiger partial charge in [0.15, 0.2) is 5.82 Å². The molecular weight excluding hydrogens is 272 g/mol. The molecule has 1 aliphatic heterocycles. The van der Waals surface area contributed by atoms with Crippen LogP contribution < -0.4 is 10.6 Å². The van der Waals surface area contributed by atoms with E-state index in [1.165, 1.54) is 0 Å². The van der Waals surface area contributed by atoms with E-state index in [-0.39, 0.29) is 5.95 Å². The number of nitrogen functional groups attached to an aromatic ring is 1. The lowest BCUT2D eigenvalue weighted by Crippen LogP contribution is -2.32. The number of hydrogen-bond donors (Lipinski definition) is 2. The van der Waals surface area contributed by atoms with Crippen molar-refractivity contribution < 1.29 is 9.90 Å². The molecule has 0 spiro atoms. The van der Waals surface area contributed by atoms with Crippen LogP contribution in [0.4, 0.5) is 11.8 Å². The van der Waals surface area contributed by atoms with Crippen molar-refractivity contribution in [1.82, 2.24) is 19.7 Å².